The fourth-order valence-corrected chi connectivity index (χ4v) is 1.36. The number of aliphatic carboxylic acids is 1. The molecule has 0 bridgehead atoms. The van der Waals surface area contributed by atoms with Crippen molar-refractivity contribution in [3.8, 4) is 0 Å². The van der Waals surface area contributed by atoms with Gasteiger partial charge in [0, 0.05) is 12.7 Å². The van der Waals surface area contributed by atoms with E-state index in [9.17, 15) is 4.79 Å². The van der Waals surface area contributed by atoms with Gasteiger partial charge in [-0.2, -0.15) is 0 Å². The first kappa shape index (κ1) is 12.0. The zero-order valence-corrected chi connectivity index (χ0v) is 9.21. The number of carboxylic acids is 1. The first-order chi connectivity index (χ1) is 7.07. The molecule has 6 heteroatoms. The fraction of sp³-hybridized carbons (Fsp3) is 0.556. The maximum atomic E-state index is 10.7. The normalized spacial score (nSPS) is 24.5. The summed E-state index contributed by atoms with van der Waals surface area (Å²) in [6.45, 7) is 2.74. The van der Waals surface area contributed by atoms with E-state index in [2.05, 4.69) is 22.5 Å². The first-order valence-electron chi connectivity index (χ1n) is 4.79. The number of alkyl halides is 1. The van der Waals surface area contributed by atoms with Gasteiger partial charge >= 0.3 is 5.97 Å². The molecule has 1 rings (SSSR count). The van der Waals surface area contributed by atoms with Gasteiger partial charge in [0.2, 0.25) is 0 Å². The maximum Gasteiger partial charge on any atom is 0.354 e. The van der Waals surface area contributed by atoms with Gasteiger partial charge in [-0.3, -0.25) is 5.32 Å². The smallest absolute Gasteiger partial charge is 0.354 e. The number of hydrogen-bond acceptors (Lipinski definition) is 4. The summed E-state index contributed by atoms with van der Waals surface area (Å²) in [7, 11) is 0. The molecule has 1 atom stereocenters. The Bertz CT molecular complexity index is 304. The molecule has 0 aromatic carbocycles. The summed E-state index contributed by atoms with van der Waals surface area (Å²) in [4.78, 5) is 14.5. The van der Waals surface area contributed by atoms with E-state index in [1.165, 1.54) is 12.3 Å². The van der Waals surface area contributed by atoms with Crippen molar-refractivity contribution >= 4 is 23.3 Å². The molecule has 0 saturated heterocycles. The standard InChI is InChI=1S/C9H14ClN3O2/c1-2-3-5-11-9(10)12-6-4-7(13-9)8(14)15/h4,6,11-12H,2-3,5H2,1H3,(H,14,15). The SMILES string of the molecule is CCCCNC1(Cl)N=C(C(=O)O)C=CN1. The molecule has 1 aliphatic rings. The quantitative estimate of drug-likeness (QED) is 0.373. The number of carbonyl (C=O) groups is 1. The summed E-state index contributed by atoms with van der Waals surface area (Å²) in [5.41, 5.74) is -0.0623. The highest BCUT2D eigenvalue weighted by atomic mass is 35.5. The molecule has 5 nitrogen and oxygen atoms in total. The highest BCUT2D eigenvalue weighted by Gasteiger charge is 2.28. The summed E-state index contributed by atoms with van der Waals surface area (Å²) in [6.07, 6.45) is 4.83. The summed E-state index contributed by atoms with van der Waals surface area (Å²) in [5, 5.41) is 13.2. The molecule has 0 fully saturated rings. The van der Waals surface area contributed by atoms with Gasteiger partial charge in [-0.25, -0.2) is 9.79 Å². The van der Waals surface area contributed by atoms with Gasteiger partial charge in [0.1, 0.15) is 5.71 Å². The number of unbranched alkanes of at least 4 members (excludes halogenated alkanes) is 1. The minimum atomic E-state index is -1.22. The topological polar surface area (TPSA) is 73.7 Å². The van der Waals surface area contributed by atoms with Crippen molar-refractivity contribution in [3.05, 3.63) is 12.3 Å². The molecule has 0 aliphatic carbocycles. The van der Waals surface area contributed by atoms with Crippen LogP contribution in [0.2, 0.25) is 0 Å². The van der Waals surface area contributed by atoms with E-state index in [1.54, 1.807) is 0 Å². The molecular formula is C9H14ClN3O2. The summed E-state index contributed by atoms with van der Waals surface area (Å²) < 4.78 is 0. The zero-order valence-electron chi connectivity index (χ0n) is 8.46. The van der Waals surface area contributed by atoms with Crippen molar-refractivity contribution in [3.63, 3.8) is 0 Å². The average molecular weight is 232 g/mol. The lowest BCUT2D eigenvalue weighted by Gasteiger charge is -2.27. The van der Waals surface area contributed by atoms with Crippen LogP contribution in [0, 0.1) is 0 Å². The van der Waals surface area contributed by atoms with E-state index in [1.807, 2.05) is 0 Å². The second kappa shape index (κ2) is 5.14. The van der Waals surface area contributed by atoms with Crippen molar-refractivity contribution in [2.75, 3.05) is 6.54 Å². The molecule has 1 unspecified atom stereocenters. The van der Waals surface area contributed by atoms with E-state index in [-0.39, 0.29) is 5.71 Å². The molecule has 84 valence electrons. The van der Waals surface area contributed by atoms with Crippen LogP contribution < -0.4 is 10.6 Å². The number of hydrogen-bond donors (Lipinski definition) is 3. The van der Waals surface area contributed by atoms with Crippen LogP contribution in [0.4, 0.5) is 0 Å². The third-order valence-electron chi connectivity index (χ3n) is 1.90. The van der Waals surface area contributed by atoms with Crippen LogP contribution in [0.15, 0.2) is 17.3 Å². The number of carboxylic acid groups (broad SMARTS) is 1. The van der Waals surface area contributed by atoms with Gasteiger partial charge < -0.3 is 10.4 Å². The van der Waals surface area contributed by atoms with Crippen molar-refractivity contribution in [1.82, 2.24) is 10.6 Å². The van der Waals surface area contributed by atoms with E-state index in [0.717, 1.165) is 12.8 Å². The molecule has 0 aromatic rings. The molecule has 0 amide bonds. The van der Waals surface area contributed by atoms with Gasteiger partial charge in [0.15, 0.2) is 0 Å². The van der Waals surface area contributed by atoms with E-state index in [4.69, 9.17) is 16.7 Å². The highest BCUT2D eigenvalue weighted by Crippen LogP contribution is 2.13. The minimum Gasteiger partial charge on any atom is -0.477 e. The Morgan fingerprint density at radius 3 is 3.13 bits per heavy atom. The van der Waals surface area contributed by atoms with Gasteiger partial charge in [-0.05, 0) is 12.5 Å². The van der Waals surface area contributed by atoms with Crippen LogP contribution in [-0.4, -0.2) is 28.6 Å². The summed E-state index contributed by atoms with van der Waals surface area (Å²) in [6, 6.07) is 0. The Kier molecular flexibility index (Phi) is 4.11. The predicted octanol–water partition coefficient (Wildman–Crippen LogP) is 0.869. The number of rotatable bonds is 5. The molecular weight excluding hydrogens is 218 g/mol. The van der Waals surface area contributed by atoms with Crippen molar-refractivity contribution < 1.29 is 9.90 Å². The van der Waals surface area contributed by atoms with Crippen LogP contribution in [0.1, 0.15) is 19.8 Å². The molecule has 15 heavy (non-hydrogen) atoms. The molecule has 0 radical (unpaired) electrons. The number of nitrogens with one attached hydrogen (secondary N) is 2. The van der Waals surface area contributed by atoms with E-state index < -0.39 is 11.2 Å². The van der Waals surface area contributed by atoms with Gasteiger partial charge in [0.25, 0.3) is 5.25 Å². The van der Waals surface area contributed by atoms with Gasteiger partial charge in [-0.15, -0.1) is 0 Å². The fourth-order valence-electron chi connectivity index (χ4n) is 1.11. The average Bonchev–Trinajstić information content (AvgIpc) is 2.18. The second-order valence-corrected chi connectivity index (χ2v) is 3.73. The van der Waals surface area contributed by atoms with Crippen LogP contribution in [-0.2, 0) is 4.79 Å². The lowest BCUT2D eigenvalue weighted by Crippen LogP contribution is -2.51. The van der Waals surface area contributed by atoms with Crippen LogP contribution in [0.25, 0.3) is 0 Å². The monoisotopic (exact) mass is 231 g/mol. The van der Waals surface area contributed by atoms with Gasteiger partial charge in [-0.1, -0.05) is 24.9 Å². The molecule has 0 spiro atoms. The molecule has 1 aliphatic heterocycles. The highest BCUT2D eigenvalue weighted by molar-refractivity contribution is 6.41. The second-order valence-electron chi connectivity index (χ2n) is 3.18. The van der Waals surface area contributed by atoms with Crippen molar-refractivity contribution in [2.45, 2.75) is 25.0 Å². The Morgan fingerprint density at radius 1 is 1.80 bits per heavy atom. The Balaban J connectivity index is 2.61. The molecule has 0 aromatic heterocycles. The Labute approximate surface area is 93.2 Å². The Hall–Kier alpha value is -1.07. The van der Waals surface area contributed by atoms with Crippen LogP contribution >= 0.6 is 11.6 Å². The van der Waals surface area contributed by atoms with Crippen molar-refractivity contribution in [1.29, 1.82) is 0 Å². The number of nitrogens with zero attached hydrogens (tertiary/aromatic N) is 1. The summed E-state index contributed by atoms with van der Waals surface area (Å²) >= 11 is 6.03. The maximum absolute atomic E-state index is 10.7. The molecule has 1 heterocycles. The van der Waals surface area contributed by atoms with Gasteiger partial charge in [0.05, 0.1) is 0 Å². The first-order valence-corrected chi connectivity index (χ1v) is 5.16. The lowest BCUT2D eigenvalue weighted by atomic mass is 10.3. The largest absolute Gasteiger partial charge is 0.477 e. The third kappa shape index (κ3) is 3.53. The number of halogens is 1. The Morgan fingerprint density at radius 2 is 2.53 bits per heavy atom. The van der Waals surface area contributed by atoms with E-state index >= 15 is 0 Å². The number of aliphatic imine (C=N–C) groups is 1. The molecule has 0 saturated carbocycles. The minimum absolute atomic E-state index is 0.0623. The third-order valence-corrected chi connectivity index (χ3v) is 2.23. The summed E-state index contributed by atoms with van der Waals surface area (Å²) in [5.74, 6) is -1.09. The zero-order chi connectivity index (χ0) is 11.3. The van der Waals surface area contributed by atoms with Crippen LogP contribution in [0.3, 0.4) is 0 Å². The lowest BCUT2D eigenvalue weighted by molar-refractivity contribution is -0.129. The van der Waals surface area contributed by atoms with Crippen molar-refractivity contribution in [2.24, 2.45) is 4.99 Å². The van der Waals surface area contributed by atoms with E-state index in [0.29, 0.717) is 6.54 Å². The van der Waals surface area contributed by atoms with Crippen LogP contribution in [0.5, 0.6) is 0 Å². The molecule has 3 N–H and O–H groups in total. The predicted molar refractivity (Wildman–Crippen MR) is 58.8 cm³/mol.